The molecule has 23 heavy (non-hydrogen) atoms. The Morgan fingerprint density at radius 2 is 2.04 bits per heavy atom. The lowest BCUT2D eigenvalue weighted by Gasteiger charge is -2.12. The Morgan fingerprint density at radius 1 is 1.35 bits per heavy atom. The number of carbonyl (C=O) groups excluding carboxylic acids is 1. The van der Waals surface area contributed by atoms with Crippen LogP contribution in [0, 0.1) is 0 Å². The molecule has 3 N–H and O–H groups in total. The summed E-state index contributed by atoms with van der Waals surface area (Å²) in [6.45, 7) is 1.40. The Kier molecular flexibility index (Phi) is 3.94. The topological polar surface area (TPSA) is 104 Å². The molecule has 7 nitrogen and oxygen atoms in total. The molecular formula is C16H19N3O4. The summed E-state index contributed by atoms with van der Waals surface area (Å²) in [7, 11) is 0. The van der Waals surface area contributed by atoms with Crippen LogP contribution in [-0.4, -0.2) is 32.6 Å². The lowest BCUT2D eigenvalue weighted by Crippen LogP contribution is -2.38. The van der Waals surface area contributed by atoms with Crippen LogP contribution >= 0.6 is 0 Å². The minimum atomic E-state index is -1.10. The second kappa shape index (κ2) is 5.91. The van der Waals surface area contributed by atoms with E-state index < -0.39 is 17.9 Å². The largest absolute Gasteiger partial charge is 0.480 e. The minimum Gasteiger partial charge on any atom is -0.480 e. The number of amides is 1. The number of H-pyrrole nitrogens is 1. The molecule has 2 aromatic rings. The quantitative estimate of drug-likeness (QED) is 0.797. The highest BCUT2D eigenvalue weighted by molar-refractivity contribution is 5.99. The maximum atomic E-state index is 12.2. The zero-order chi connectivity index (χ0) is 16.6. The molecule has 0 aliphatic heterocycles. The van der Waals surface area contributed by atoms with Crippen LogP contribution in [0.4, 0.5) is 0 Å². The molecule has 1 aliphatic rings. The minimum absolute atomic E-state index is 0.164. The Bertz CT molecular complexity index is 814. The molecular weight excluding hydrogens is 298 g/mol. The summed E-state index contributed by atoms with van der Waals surface area (Å²) in [5, 5.41) is 11.2. The summed E-state index contributed by atoms with van der Waals surface area (Å²) in [4.78, 5) is 37.9. The number of fused-ring (bicyclic) bond motifs is 1. The van der Waals surface area contributed by atoms with Gasteiger partial charge in [0.2, 0.25) is 0 Å². The van der Waals surface area contributed by atoms with Gasteiger partial charge >= 0.3 is 11.7 Å². The standard InChI is InChI=1S/C16H19N3O4/c1-9(15(21)22)17-14(20)10-6-7-13-12(8-10)18-16(23)19(13)11-4-2-3-5-11/h6-9,11H,2-5H2,1H3,(H,17,20)(H,18,23)(H,21,22). The average molecular weight is 317 g/mol. The van der Waals surface area contributed by atoms with Gasteiger partial charge in [-0.25, -0.2) is 4.79 Å². The predicted octanol–water partition coefficient (Wildman–Crippen LogP) is 1.65. The van der Waals surface area contributed by atoms with Gasteiger partial charge in [-0.15, -0.1) is 0 Å². The van der Waals surface area contributed by atoms with Crippen molar-refractivity contribution >= 4 is 22.9 Å². The van der Waals surface area contributed by atoms with E-state index in [2.05, 4.69) is 10.3 Å². The van der Waals surface area contributed by atoms with Crippen molar-refractivity contribution in [3.63, 3.8) is 0 Å². The van der Waals surface area contributed by atoms with E-state index in [4.69, 9.17) is 5.11 Å². The first-order valence-corrected chi connectivity index (χ1v) is 7.75. The summed E-state index contributed by atoms with van der Waals surface area (Å²) in [5.41, 5.74) is 1.54. The second-order valence-corrected chi connectivity index (χ2v) is 6.00. The van der Waals surface area contributed by atoms with Crippen LogP contribution in [0.5, 0.6) is 0 Å². The lowest BCUT2D eigenvalue weighted by molar-refractivity contribution is -0.138. The molecule has 0 radical (unpaired) electrons. The van der Waals surface area contributed by atoms with Crippen molar-refractivity contribution in [2.24, 2.45) is 0 Å². The molecule has 1 aromatic heterocycles. The van der Waals surface area contributed by atoms with E-state index in [1.165, 1.54) is 6.92 Å². The SMILES string of the molecule is CC(NC(=O)c1ccc2c(c1)[nH]c(=O)n2C1CCCC1)C(=O)O. The summed E-state index contributed by atoms with van der Waals surface area (Å²) in [6, 6.07) is 4.19. The van der Waals surface area contributed by atoms with Crippen molar-refractivity contribution in [2.45, 2.75) is 44.7 Å². The molecule has 1 aliphatic carbocycles. The Morgan fingerprint density at radius 3 is 2.70 bits per heavy atom. The van der Waals surface area contributed by atoms with Crippen LogP contribution in [0.2, 0.25) is 0 Å². The van der Waals surface area contributed by atoms with Gasteiger partial charge in [-0.05, 0) is 38.0 Å². The number of hydrogen-bond acceptors (Lipinski definition) is 3. The molecule has 1 saturated carbocycles. The molecule has 1 heterocycles. The first-order chi connectivity index (χ1) is 11.0. The van der Waals surface area contributed by atoms with Gasteiger partial charge in [0.25, 0.3) is 5.91 Å². The average Bonchev–Trinajstić information content (AvgIpc) is 3.12. The number of carboxylic acids is 1. The van der Waals surface area contributed by atoms with Gasteiger partial charge in [-0.2, -0.15) is 0 Å². The number of imidazole rings is 1. The van der Waals surface area contributed by atoms with Gasteiger partial charge in [-0.3, -0.25) is 14.2 Å². The number of hydrogen-bond donors (Lipinski definition) is 3. The Hall–Kier alpha value is -2.57. The summed E-state index contributed by atoms with van der Waals surface area (Å²) in [6.07, 6.45) is 4.23. The van der Waals surface area contributed by atoms with Gasteiger partial charge in [0, 0.05) is 11.6 Å². The maximum absolute atomic E-state index is 12.2. The van der Waals surface area contributed by atoms with Crippen molar-refractivity contribution < 1.29 is 14.7 Å². The number of carboxylic acid groups (broad SMARTS) is 1. The highest BCUT2D eigenvalue weighted by Gasteiger charge is 2.22. The van der Waals surface area contributed by atoms with Gasteiger partial charge in [-0.1, -0.05) is 12.8 Å². The highest BCUT2D eigenvalue weighted by atomic mass is 16.4. The Labute approximate surface area is 132 Å². The van der Waals surface area contributed by atoms with Crippen molar-refractivity contribution in [3.05, 3.63) is 34.2 Å². The zero-order valence-electron chi connectivity index (χ0n) is 12.8. The van der Waals surface area contributed by atoms with E-state index in [1.54, 1.807) is 22.8 Å². The Balaban J connectivity index is 1.92. The van der Waals surface area contributed by atoms with E-state index in [0.717, 1.165) is 31.2 Å². The molecule has 1 amide bonds. The third-order valence-electron chi connectivity index (χ3n) is 4.39. The van der Waals surface area contributed by atoms with E-state index in [9.17, 15) is 14.4 Å². The zero-order valence-corrected chi connectivity index (χ0v) is 12.8. The highest BCUT2D eigenvalue weighted by Crippen LogP contribution is 2.30. The first-order valence-electron chi connectivity index (χ1n) is 7.75. The fraction of sp³-hybridized carbons (Fsp3) is 0.438. The molecule has 1 unspecified atom stereocenters. The number of nitrogens with zero attached hydrogens (tertiary/aromatic N) is 1. The lowest BCUT2D eigenvalue weighted by atomic mass is 10.1. The van der Waals surface area contributed by atoms with E-state index in [1.807, 2.05) is 0 Å². The van der Waals surface area contributed by atoms with Crippen LogP contribution in [-0.2, 0) is 4.79 Å². The van der Waals surface area contributed by atoms with Crippen molar-refractivity contribution in [1.29, 1.82) is 0 Å². The smallest absolute Gasteiger partial charge is 0.326 e. The van der Waals surface area contributed by atoms with Gasteiger partial charge in [0.1, 0.15) is 6.04 Å². The van der Waals surface area contributed by atoms with Crippen molar-refractivity contribution in [2.75, 3.05) is 0 Å². The molecule has 122 valence electrons. The number of rotatable bonds is 4. The van der Waals surface area contributed by atoms with E-state index >= 15 is 0 Å². The third-order valence-corrected chi connectivity index (χ3v) is 4.39. The van der Waals surface area contributed by atoms with Crippen molar-refractivity contribution in [1.82, 2.24) is 14.9 Å². The number of carbonyl (C=O) groups is 2. The summed E-state index contributed by atoms with van der Waals surface area (Å²) in [5.74, 6) is -1.57. The summed E-state index contributed by atoms with van der Waals surface area (Å²) < 4.78 is 1.77. The molecule has 7 heteroatoms. The van der Waals surface area contributed by atoms with Gasteiger partial charge in [0.05, 0.1) is 11.0 Å². The normalized spacial score (nSPS) is 16.6. The van der Waals surface area contributed by atoms with Crippen LogP contribution < -0.4 is 11.0 Å². The number of benzene rings is 1. The fourth-order valence-corrected chi connectivity index (χ4v) is 3.14. The molecule has 0 spiro atoms. The van der Waals surface area contributed by atoms with Crippen LogP contribution in [0.1, 0.15) is 49.0 Å². The fourth-order valence-electron chi connectivity index (χ4n) is 3.14. The molecule has 1 atom stereocenters. The molecule has 0 bridgehead atoms. The molecule has 3 rings (SSSR count). The number of aliphatic carboxylic acids is 1. The summed E-state index contributed by atoms with van der Waals surface area (Å²) >= 11 is 0. The number of aromatic amines is 1. The monoisotopic (exact) mass is 317 g/mol. The molecule has 0 saturated heterocycles. The third kappa shape index (κ3) is 2.86. The van der Waals surface area contributed by atoms with Crippen LogP contribution in [0.25, 0.3) is 11.0 Å². The second-order valence-electron chi connectivity index (χ2n) is 6.00. The van der Waals surface area contributed by atoms with Crippen LogP contribution in [0.15, 0.2) is 23.0 Å². The predicted molar refractivity (Wildman–Crippen MR) is 84.6 cm³/mol. The first kappa shape index (κ1) is 15.3. The number of aromatic nitrogens is 2. The molecule has 1 aromatic carbocycles. The maximum Gasteiger partial charge on any atom is 0.326 e. The van der Waals surface area contributed by atoms with Crippen molar-refractivity contribution in [3.8, 4) is 0 Å². The van der Waals surface area contributed by atoms with E-state index in [-0.39, 0.29) is 11.7 Å². The van der Waals surface area contributed by atoms with Crippen LogP contribution in [0.3, 0.4) is 0 Å². The number of nitrogens with one attached hydrogen (secondary N) is 2. The van der Waals surface area contributed by atoms with Gasteiger partial charge < -0.3 is 15.4 Å². The van der Waals surface area contributed by atoms with Gasteiger partial charge in [0.15, 0.2) is 0 Å². The molecule has 1 fully saturated rings. The van der Waals surface area contributed by atoms with E-state index in [0.29, 0.717) is 11.1 Å².